The molecule has 1 unspecified atom stereocenters. The lowest BCUT2D eigenvalue weighted by atomic mass is 10.0. The number of methoxy groups -OCH3 is 2. The Morgan fingerprint density at radius 3 is 2.24 bits per heavy atom. The predicted molar refractivity (Wildman–Crippen MR) is 95.8 cm³/mol. The lowest BCUT2D eigenvalue weighted by Crippen LogP contribution is -2.37. The van der Waals surface area contributed by atoms with Crippen LogP contribution in [0.3, 0.4) is 0 Å². The number of hydrogen-bond donors (Lipinski definition) is 1. The first-order valence-corrected chi connectivity index (χ1v) is 8.40. The smallest absolute Gasteiger partial charge is 0.253 e. The van der Waals surface area contributed by atoms with Crippen LogP contribution >= 0.6 is 0 Å². The number of hydrogen-bond acceptors (Lipinski definition) is 3. The van der Waals surface area contributed by atoms with Crippen LogP contribution in [0.4, 0.5) is 8.78 Å². The molecule has 0 radical (unpaired) electrons. The molecule has 25 heavy (non-hydrogen) atoms. The van der Waals surface area contributed by atoms with Gasteiger partial charge in [0.1, 0.15) is 0 Å². The van der Waals surface area contributed by atoms with E-state index in [1.165, 1.54) is 0 Å². The Hall–Kier alpha value is -2.14. The molecule has 2 aromatic rings. The van der Waals surface area contributed by atoms with E-state index in [4.69, 9.17) is 9.47 Å². The molecule has 3 nitrogen and oxygen atoms in total. The summed E-state index contributed by atoms with van der Waals surface area (Å²) in [5, 5.41) is 2.98. The van der Waals surface area contributed by atoms with Gasteiger partial charge >= 0.3 is 0 Å². The van der Waals surface area contributed by atoms with Crippen molar-refractivity contribution >= 4 is 0 Å². The minimum absolute atomic E-state index is 0.410. The molecule has 0 saturated heterocycles. The maximum atomic E-state index is 13.2. The first kappa shape index (κ1) is 19.2. The van der Waals surface area contributed by atoms with Crippen molar-refractivity contribution in [2.24, 2.45) is 0 Å². The van der Waals surface area contributed by atoms with Crippen molar-refractivity contribution in [1.82, 2.24) is 5.32 Å². The summed E-state index contributed by atoms with van der Waals surface area (Å²) in [4.78, 5) is 0. The number of alkyl halides is 2. The van der Waals surface area contributed by atoms with Crippen LogP contribution in [0.2, 0.25) is 0 Å². The lowest BCUT2D eigenvalue weighted by molar-refractivity contribution is 0.0945. The van der Waals surface area contributed by atoms with E-state index in [1.807, 2.05) is 48.5 Å². The van der Waals surface area contributed by atoms with Crippen molar-refractivity contribution in [3.63, 3.8) is 0 Å². The molecule has 1 N–H and O–H groups in total. The number of ether oxygens (including phenoxy) is 2. The molecule has 0 aliphatic rings. The van der Waals surface area contributed by atoms with E-state index in [1.54, 1.807) is 14.2 Å². The van der Waals surface area contributed by atoms with Gasteiger partial charge in [0.15, 0.2) is 11.5 Å². The minimum atomic E-state index is -2.38. The van der Waals surface area contributed by atoms with Gasteiger partial charge in [-0.25, -0.2) is 8.78 Å². The normalized spacial score (nSPS) is 12.2. The van der Waals surface area contributed by atoms with Crippen molar-refractivity contribution in [1.29, 1.82) is 0 Å². The molecule has 136 valence electrons. The Balaban J connectivity index is 1.84. The molecule has 0 bridgehead atoms. The van der Waals surface area contributed by atoms with Crippen LogP contribution in [0.15, 0.2) is 48.5 Å². The fraction of sp³-hybridized carbons (Fsp3) is 0.400. The Morgan fingerprint density at radius 2 is 1.60 bits per heavy atom. The van der Waals surface area contributed by atoms with Crippen LogP contribution in [0.25, 0.3) is 0 Å². The lowest BCUT2D eigenvalue weighted by Gasteiger charge is -2.18. The average molecular weight is 349 g/mol. The highest BCUT2D eigenvalue weighted by Gasteiger charge is 2.19. The molecule has 2 aromatic carbocycles. The Labute approximate surface area is 148 Å². The largest absolute Gasteiger partial charge is 0.493 e. The van der Waals surface area contributed by atoms with Crippen LogP contribution in [-0.2, 0) is 12.8 Å². The molecule has 2 rings (SSSR count). The van der Waals surface area contributed by atoms with Crippen molar-refractivity contribution in [3.8, 4) is 11.5 Å². The van der Waals surface area contributed by atoms with E-state index in [0.717, 1.165) is 11.1 Å². The third kappa shape index (κ3) is 6.02. The highest BCUT2D eigenvalue weighted by atomic mass is 19.3. The number of aryl methyl sites for hydroxylation is 1. The zero-order valence-electron chi connectivity index (χ0n) is 14.7. The van der Waals surface area contributed by atoms with Gasteiger partial charge in [-0.05, 0) is 49.1 Å². The second-order valence-corrected chi connectivity index (χ2v) is 5.86. The van der Waals surface area contributed by atoms with Crippen LogP contribution in [-0.4, -0.2) is 33.2 Å². The first-order valence-electron chi connectivity index (χ1n) is 8.40. The molecule has 0 aliphatic heterocycles. The fourth-order valence-electron chi connectivity index (χ4n) is 2.72. The monoisotopic (exact) mass is 349 g/mol. The molecule has 0 amide bonds. The maximum Gasteiger partial charge on any atom is 0.253 e. The molecule has 0 heterocycles. The zero-order chi connectivity index (χ0) is 18.1. The summed E-state index contributed by atoms with van der Waals surface area (Å²) < 4.78 is 37.0. The van der Waals surface area contributed by atoms with Crippen LogP contribution < -0.4 is 14.8 Å². The van der Waals surface area contributed by atoms with Gasteiger partial charge in [-0.15, -0.1) is 0 Å². The quantitative estimate of drug-likeness (QED) is 0.700. The summed E-state index contributed by atoms with van der Waals surface area (Å²) >= 11 is 0. The van der Waals surface area contributed by atoms with Gasteiger partial charge in [0.25, 0.3) is 6.43 Å². The molecule has 0 saturated carbocycles. The van der Waals surface area contributed by atoms with Gasteiger partial charge in [-0.2, -0.15) is 0 Å². The van der Waals surface area contributed by atoms with Crippen molar-refractivity contribution in [2.75, 3.05) is 20.8 Å². The standard InChI is InChI=1S/C20H25F2NO2/c1-24-18-11-9-16(14-19(18)25-2)12-13-23-17(20(21)22)10-8-15-6-4-3-5-7-15/h3-7,9,11,14,17,20,23H,8,10,12-13H2,1-2H3. The van der Waals surface area contributed by atoms with Gasteiger partial charge < -0.3 is 14.8 Å². The van der Waals surface area contributed by atoms with E-state index in [-0.39, 0.29) is 0 Å². The van der Waals surface area contributed by atoms with E-state index in [0.29, 0.717) is 37.3 Å². The minimum Gasteiger partial charge on any atom is -0.493 e. The number of halogens is 2. The number of rotatable bonds is 10. The molecule has 0 aromatic heterocycles. The maximum absolute atomic E-state index is 13.2. The van der Waals surface area contributed by atoms with Gasteiger partial charge in [0, 0.05) is 0 Å². The molecular formula is C20H25F2NO2. The Morgan fingerprint density at radius 1 is 0.880 bits per heavy atom. The van der Waals surface area contributed by atoms with Gasteiger partial charge in [-0.1, -0.05) is 36.4 Å². The predicted octanol–water partition coefficient (Wildman–Crippen LogP) is 4.10. The van der Waals surface area contributed by atoms with E-state index >= 15 is 0 Å². The number of benzene rings is 2. The topological polar surface area (TPSA) is 30.5 Å². The summed E-state index contributed by atoms with van der Waals surface area (Å²) in [6.07, 6.45) is -0.684. The Kier molecular flexibility index (Phi) is 7.67. The van der Waals surface area contributed by atoms with Crippen molar-refractivity contribution in [2.45, 2.75) is 31.7 Å². The van der Waals surface area contributed by atoms with Gasteiger partial charge in [-0.3, -0.25) is 0 Å². The van der Waals surface area contributed by atoms with E-state index in [9.17, 15) is 8.78 Å². The summed E-state index contributed by atoms with van der Waals surface area (Å²) in [6.45, 7) is 0.485. The highest BCUT2D eigenvalue weighted by molar-refractivity contribution is 5.42. The molecule has 0 fully saturated rings. The summed E-state index contributed by atoms with van der Waals surface area (Å²) in [5.41, 5.74) is 2.09. The average Bonchev–Trinajstić information content (AvgIpc) is 2.64. The second-order valence-electron chi connectivity index (χ2n) is 5.86. The zero-order valence-corrected chi connectivity index (χ0v) is 14.7. The van der Waals surface area contributed by atoms with Crippen molar-refractivity contribution in [3.05, 3.63) is 59.7 Å². The molecule has 0 aliphatic carbocycles. The first-order chi connectivity index (χ1) is 12.1. The van der Waals surface area contributed by atoms with Crippen LogP contribution in [0.5, 0.6) is 11.5 Å². The van der Waals surface area contributed by atoms with E-state index in [2.05, 4.69) is 5.32 Å². The van der Waals surface area contributed by atoms with Gasteiger partial charge in [0.05, 0.1) is 20.3 Å². The fourth-order valence-corrected chi connectivity index (χ4v) is 2.72. The molecular weight excluding hydrogens is 324 g/mol. The third-order valence-corrected chi connectivity index (χ3v) is 4.16. The highest BCUT2D eigenvalue weighted by Crippen LogP contribution is 2.27. The SMILES string of the molecule is COc1ccc(CCNC(CCc2ccccc2)C(F)F)cc1OC. The number of nitrogens with one attached hydrogen (secondary N) is 1. The summed E-state index contributed by atoms with van der Waals surface area (Å²) in [7, 11) is 3.16. The molecule has 0 spiro atoms. The van der Waals surface area contributed by atoms with Crippen LogP contribution in [0.1, 0.15) is 17.5 Å². The summed E-state index contributed by atoms with van der Waals surface area (Å²) in [6, 6.07) is 14.5. The molecule has 1 atom stereocenters. The third-order valence-electron chi connectivity index (χ3n) is 4.16. The molecule has 5 heteroatoms. The van der Waals surface area contributed by atoms with Crippen molar-refractivity contribution < 1.29 is 18.3 Å². The Bertz CT molecular complexity index is 635. The van der Waals surface area contributed by atoms with Gasteiger partial charge in [0.2, 0.25) is 0 Å². The van der Waals surface area contributed by atoms with E-state index < -0.39 is 12.5 Å². The van der Waals surface area contributed by atoms with Crippen LogP contribution in [0, 0.1) is 0 Å². The second kappa shape index (κ2) is 9.99. The summed E-state index contributed by atoms with van der Waals surface area (Å²) in [5.74, 6) is 1.31.